The maximum Gasteiger partial charge on any atom is 0.261 e. The lowest BCUT2D eigenvalue weighted by Gasteiger charge is -2.30. The SMILES string of the molecule is CCCCCC(=O)N(CCOC)C(C)c1nc2ccc(Cl)cc2c(=O)n1C. The van der Waals surface area contributed by atoms with E-state index in [9.17, 15) is 9.59 Å². The first-order chi connectivity index (χ1) is 12.9. The summed E-state index contributed by atoms with van der Waals surface area (Å²) in [5, 5.41) is 0.966. The van der Waals surface area contributed by atoms with E-state index in [1.54, 1.807) is 37.3 Å². The number of fused-ring (bicyclic) bond motifs is 1. The average molecular weight is 394 g/mol. The molecule has 148 valence electrons. The van der Waals surface area contributed by atoms with Crippen LogP contribution >= 0.6 is 11.6 Å². The third-order valence-electron chi connectivity index (χ3n) is 4.76. The number of nitrogens with zero attached hydrogens (tertiary/aromatic N) is 3. The summed E-state index contributed by atoms with van der Waals surface area (Å²) in [6.45, 7) is 4.89. The van der Waals surface area contributed by atoms with Gasteiger partial charge in [-0.1, -0.05) is 31.4 Å². The standard InChI is InChI=1S/C20H28ClN3O3/c1-5-6-7-8-18(25)24(11-12-27-4)14(2)19-22-17-10-9-15(21)13-16(17)20(26)23(19)3/h9-10,13-14H,5-8,11-12H2,1-4H3. The zero-order valence-corrected chi connectivity index (χ0v) is 17.3. The lowest BCUT2D eigenvalue weighted by atomic mass is 10.1. The number of hydrogen-bond acceptors (Lipinski definition) is 4. The van der Waals surface area contributed by atoms with E-state index in [1.807, 2.05) is 6.92 Å². The van der Waals surface area contributed by atoms with E-state index in [2.05, 4.69) is 11.9 Å². The zero-order chi connectivity index (χ0) is 20.0. The minimum atomic E-state index is -0.341. The highest BCUT2D eigenvalue weighted by atomic mass is 35.5. The number of halogens is 1. The van der Waals surface area contributed by atoms with Gasteiger partial charge in [-0.15, -0.1) is 0 Å². The van der Waals surface area contributed by atoms with Gasteiger partial charge in [0.05, 0.1) is 23.6 Å². The Morgan fingerprint density at radius 2 is 2.11 bits per heavy atom. The van der Waals surface area contributed by atoms with Crippen LogP contribution in [0.25, 0.3) is 10.9 Å². The molecule has 0 aliphatic rings. The van der Waals surface area contributed by atoms with E-state index in [0.29, 0.717) is 41.3 Å². The minimum Gasteiger partial charge on any atom is -0.383 e. The Kier molecular flexibility index (Phi) is 7.80. The fraction of sp³-hybridized carbons (Fsp3) is 0.550. The van der Waals surface area contributed by atoms with E-state index in [-0.39, 0.29) is 17.5 Å². The van der Waals surface area contributed by atoms with Gasteiger partial charge in [0.2, 0.25) is 5.91 Å². The molecule has 0 radical (unpaired) electrons. The molecule has 0 bridgehead atoms. The second-order valence-corrected chi connectivity index (χ2v) is 7.15. The van der Waals surface area contributed by atoms with E-state index in [0.717, 1.165) is 19.3 Å². The van der Waals surface area contributed by atoms with Crippen LogP contribution in [-0.2, 0) is 16.6 Å². The normalized spacial score (nSPS) is 12.3. The van der Waals surface area contributed by atoms with Gasteiger partial charge in [-0.2, -0.15) is 0 Å². The summed E-state index contributed by atoms with van der Waals surface area (Å²) in [5.74, 6) is 0.605. The molecule has 0 N–H and O–H groups in total. The fourth-order valence-corrected chi connectivity index (χ4v) is 3.34. The van der Waals surface area contributed by atoms with Crippen molar-refractivity contribution in [2.24, 2.45) is 7.05 Å². The highest BCUT2D eigenvalue weighted by Gasteiger charge is 2.25. The van der Waals surface area contributed by atoms with Gasteiger partial charge < -0.3 is 9.64 Å². The Morgan fingerprint density at radius 3 is 2.78 bits per heavy atom. The molecule has 0 aliphatic carbocycles. The van der Waals surface area contributed by atoms with Gasteiger partial charge in [0.15, 0.2) is 0 Å². The monoisotopic (exact) mass is 393 g/mol. The summed E-state index contributed by atoms with van der Waals surface area (Å²) < 4.78 is 6.68. The molecule has 1 aromatic heterocycles. The van der Waals surface area contributed by atoms with Crippen LogP contribution in [0.3, 0.4) is 0 Å². The number of rotatable bonds is 9. The molecular formula is C20H28ClN3O3. The summed E-state index contributed by atoms with van der Waals surface area (Å²) in [6, 6.07) is 4.73. The lowest BCUT2D eigenvalue weighted by molar-refractivity contribution is -0.134. The number of methoxy groups -OCH3 is 1. The predicted octanol–water partition coefficient (Wildman–Crippen LogP) is 3.70. The predicted molar refractivity (Wildman–Crippen MR) is 108 cm³/mol. The van der Waals surface area contributed by atoms with Crippen molar-refractivity contribution in [2.45, 2.75) is 45.6 Å². The molecule has 2 aromatic rings. The van der Waals surface area contributed by atoms with Gasteiger partial charge in [-0.3, -0.25) is 14.2 Å². The van der Waals surface area contributed by atoms with Crippen molar-refractivity contribution in [3.63, 3.8) is 0 Å². The number of unbranched alkanes of at least 4 members (excludes halogenated alkanes) is 2. The molecule has 1 atom stereocenters. The van der Waals surface area contributed by atoms with Crippen LogP contribution in [0.15, 0.2) is 23.0 Å². The molecule has 0 fully saturated rings. The molecule has 1 amide bonds. The van der Waals surface area contributed by atoms with Gasteiger partial charge in [-0.25, -0.2) is 4.98 Å². The molecule has 0 saturated carbocycles. The Bertz CT molecular complexity index is 850. The van der Waals surface area contributed by atoms with E-state index in [4.69, 9.17) is 16.3 Å². The number of aromatic nitrogens is 2. The molecule has 0 saturated heterocycles. The van der Waals surface area contributed by atoms with Crippen LogP contribution in [0, 0.1) is 0 Å². The minimum absolute atomic E-state index is 0.0541. The summed E-state index contributed by atoms with van der Waals surface area (Å²) >= 11 is 6.01. The molecular weight excluding hydrogens is 366 g/mol. The quantitative estimate of drug-likeness (QED) is 0.609. The lowest BCUT2D eigenvalue weighted by Crippen LogP contribution is -2.39. The third kappa shape index (κ3) is 5.08. The number of carbonyl (C=O) groups excluding carboxylic acids is 1. The molecule has 1 heterocycles. The molecule has 1 aromatic carbocycles. The summed E-state index contributed by atoms with van der Waals surface area (Å²) in [6.07, 6.45) is 3.42. The zero-order valence-electron chi connectivity index (χ0n) is 16.5. The second-order valence-electron chi connectivity index (χ2n) is 6.71. The third-order valence-corrected chi connectivity index (χ3v) is 5.00. The Labute approximate surface area is 165 Å². The first kappa shape index (κ1) is 21.4. The van der Waals surface area contributed by atoms with Crippen LogP contribution in [0.1, 0.15) is 51.4 Å². The largest absolute Gasteiger partial charge is 0.383 e. The van der Waals surface area contributed by atoms with E-state index >= 15 is 0 Å². The van der Waals surface area contributed by atoms with Crippen molar-refractivity contribution in [3.05, 3.63) is 39.4 Å². The molecule has 1 unspecified atom stereocenters. The summed E-state index contributed by atoms with van der Waals surface area (Å²) in [7, 11) is 3.29. The van der Waals surface area contributed by atoms with E-state index in [1.165, 1.54) is 4.57 Å². The van der Waals surface area contributed by atoms with Gasteiger partial charge in [0.1, 0.15) is 5.82 Å². The maximum atomic E-state index is 12.8. The van der Waals surface area contributed by atoms with Crippen molar-refractivity contribution in [2.75, 3.05) is 20.3 Å². The van der Waals surface area contributed by atoms with Crippen LogP contribution in [0.2, 0.25) is 5.02 Å². The highest BCUT2D eigenvalue weighted by molar-refractivity contribution is 6.31. The topological polar surface area (TPSA) is 64.4 Å². The first-order valence-electron chi connectivity index (χ1n) is 9.35. The Morgan fingerprint density at radius 1 is 1.37 bits per heavy atom. The summed E-state index contributed by atoms with van der Waals surface area (Å²) in [4.78, 5) is 31.9. The fourth-order valence-electron chi connectivity index (χ4n) is 3.17. The number of amides is 1. The van der Waals surface area contributed by atoms with Crippen LogP contribution < -0.4 is 5.56 Å². The smallest absolute Gasteiger partial charge is 0.261 e. The molecule has 6 nitrogen and oxygen atoms in total. The van der Waals surface area contributed by atoms with Crippen molar-refractivity contribution in [3.8, 4) is 0 Å². The average Bonchev–Trinajstić information content (AvgIpc) is 2.65. The number of benzene rings is 1. The Hall–Kier alpha value is -1.92. The number of ether oxygens (including phenoxy) is 1. The van der Waals surface area contributed by atoms with Gasteiger partial charge in [0.25, 0.3) is 5.56 Å². The molecule has 7 heteroatoms. The van der Waals surface area contributed by atoms with Crippen molar-refractivity contribution in [1.82, 2.24) is 14.5 Å². The number of carbonyl (C=O) groups is 1. The molecule has 2 rings (SSSR count). The molecule has 0 aliphatic heterocycles. The van der Waals surface area contributed by atoms with Gasteiger partial charge >= 0.3 is 0 Å². The van der Waals surface area contributed by atoms with Crippen molar-refractivity contribution >= 4 is 28.4 Å². The van der Waals surface area contributed by atoms with Crippen LogP contribution in [0.5, 0.6) is 0 Å². The first-order valence-corrected chi connectivity index (χ1v) is 9.73. The maximum absolute atomic E-state index is 12.8. The van der Waals surface area contributed by atoms with Gasteiger partial charge in [-0.05, 0) is 31.5 Å². The molecule has 0 spiro atoms. The van der Waals surface area contributed by atoms with Gasteiger partial charge in [0, 0.05) is 32.1 Å². The van der Waals surface area contributed by atoms with Crippen LogP contribution in [0.4, 0.5) is 0 Å². The summed E-state index contributed by atoms with van der Waals surface area (Å²) in [5.41, 5.74) is 0.406. The highest BCUT2D eigenvalue weighted by Crippen LogP contribution is 2.22. The van der Waals surface area contributed by atoms with E-state index < -0.39 is 0 Å². The number of hydrogen-bond donors (Lipinski definition) is 0. The van der Waals surface area contributed by atoms with Crippen molar-refractivity contribution < 1.29 is 9.53 Å². The Balaban J connectivity index is 2.39. The molecule has 27 heavy (non-hydrogen) atoms. The van der Waals surface area contributed by atoms with Crippen molar-refractivity contribution in [1.29, 1.82) is 0 Å². The second kappa shape index (κ2) is 9.85. The van der Waals surface area contributed by atoms with Crippen LogP contribution in [-0.4, -0.2) is 40.6 Å².